The van der Waals surface area contributed by atoms with Crippen LogP contribution in [0.15, 0.2) is 53.4 Å². The molecule has 1 amide bonds. The molecule has 0 aliphatic rings. The SMILES string of the molecule is CC(C)COc1ccc(NC(=O)CN(C)S(=O)(=O)c2ccccc2)cc1Cl. The molecule has 2 aromatic carbocycles. The molecular formula is C19H23ClN2O4S. The highest BCUT2D eigenvalue weighted by molar-refractivity contribution is 7.89. The third-order valence-electron chi connectivity index (χ3n) is 3.61. The summed E-state index contributed by atoms with van der Waals surface area (Å²) in [6.45, 7) is 4.28. The molecule has 0 spiro atoms. The zero-order valence-corrected chi connectivity index (χ0v) is 17.0. The number of likely N-dealkylation sites (N-methyl/N-ethyl adjacent to an activating group) is 1. The molecule has 27 heavy (non-hydrogen) atoms. The summed E-state index contributed by atoms with van der Waals surface area (Å²) in [5.41, 5.74) is 0.465. The van der Waals surface area contributed by atoms with Gasteiger partial charge in [-0.3, -0.25) is 4.79 Å². The van der Waals surface area contributed by atoms with Crippen molar-refractivity contribution in [3.8, 4) is 5.75 Å². The van der Waals surface area contributed by atoms with E-state index in [1.807, 2.05) is 13.8 Å². The van der Waals surface area contributed by atoms with Crippen molar-refractivity contribution in [2.24, 2.45) is 5.92 Å². The van der Waals surface area contributed by atoms with E-state index < -0.39 is 15.9 Å². The normalized spacial score (nSPS) is 11.6. The van der Waals surface area contributed by atoms with Crippen LogP contribution in [0.2, 0.25) is 5.02 Å². The minimum atomic E-state index is -3.73. The predicted octanol–water partition coefficient (Wildman–Crippen LogP) is 3.63. The smallest absolute Gasteiger partial charge is 0.243 e. The number of ether oxygens (including phenoxy) is 1. The zero-order chi connectivity index (χ0) is 20.0. The van der Waals surface area contributed by atoms with Gasteiger partial charge < -0.3 is 10.1 Å². The summed E-state index contributed by atoms with van der Waals surface area (Å²) in [5, 5.41) is 3.02. The maximum Gasteiger partial charge on any atom is 0.243 e. The summed E-state index contributed by atoms with van der Waals surface area (Å²) < 4.78 is 31.5. The number of nitrogens with zero attached hydrogens (tertiary/aromatic N) is 1. The molecule has 0 saturated heterocycles. The Morgan fingerprint density at radius 3 is 2.44 bits per heavy atom. The van der Waals surface area contributed by atoms with Gasteiger partial charge in [-0.05, 0) is 36.2 Å². The van der Waals surface area contributed by atoms with E-state index in [2.05, 4.69) is 5.32 Å². The fraction of sp³-hybridized carbons (Fsp3) is 0.316. The Morgan fingerprint density at radius 1 is 1.19 bits per heavy atom. The van der Waals surface area contributed by atoms with Crippen LogP contribution in [0.3, 0.4) is 0 Å². The zero-order valence-electron chi connectivity index (χ0n) is 15.5. The van der Waals surface area contributed by atoms with E-state index in [1.165, 1.54) is 19.2 Å². The lowest BCUT2D eigenvalue weighted by Gasteiger charge is -2.17. The van der Waals surface area contributed by atoms with Gasteiger partial charge in [0.05, 0.1) is 23.1 Å². The van der Waals surface area contributed by atoms with E-state index in [-0.39, 0.29) is 11.4 Å². The Morgan fingerprint density at radius 2 is 1.85 bits per heavy atom. The first kappa shape index (κ1) is 21.2. The van der Waals surface area contributed by atoms with Crippen molar-refractivity contribution >= 4 is 33.2 Å². The molecule has 0 heterocycles. The van der Waals surface area contributed by atoms with Crippen molar-refractivity contribution in [3.05, 3.63) is 53.6 Å². The van der Waals surface area contributed by atoms with E-state index in [0.29, 0.717) is 29.0 Å². The number of sulfonamides is 1. The number of halogens is 1. The Balaban J connectivity index is 2.00. The molecule has 2 aromatic rings. The standard InChI is InChI=1S/C19H23ClN2O4S/c1-14(2)13-26-18-10-9-15(11-17(18)20)21-19(23)12-22(3)27(24,25)16-7-5-4-6-8-16/h4-11,14H,12-13H2,1-3H3,(H,21,23). The van der Waals surface area contributed by atoms with Crippen molar-refractivity contribution in [2.45, 2.75) is 18.7 Å². The number of anilines is 1. The molecule has 0 saturated carbocycles. The minimum Gasteiger partial charge on any atom is -0.492 e. The van der Waals surface area contributed by atoms with Gasteiger partial charge in [-0.1, -0.05) is 43.6 Å². The highest BCUT2D eigenvalue weighted by Gasteiger charge is 2.22. The van der Waals surface area contributed by atoms with E-state index in [0.717, 1.165) is 4.31 Å². The molecule has 0 aliphatic carbocycles. The van der Waals surface area contributed by atoms with Gasteiger partial charge in [0.2, 0.25) is 15.9 Å². The molecule has 146 valence electrons. The van der Waals surface area contributed by atoms with Crippen LogP contribution < -0.4 is 10.1 Å². The molecule has 0 aliphatic heterocycles. The number of hydrogen-bond donors (Lipinski definition) is 1. The molecule has 0 unspecified atom stereocenters. The van der Waals surface area contributed by atoms with Crippen molar-refractivity contribution in [1.29, 1.82) is 0 Å². The Hall–Kier alpha value is -2.09. The van der Waals surface area contributed by atoms with Crippen LogP contribution in [-0.4, -0.2) is 38.8 Å². The first-order chi connectivity index (χ1) is 12.7. The number of carbonyl (C=O) groups is 1. The first-order valence-corrected chi connectivity index (χ1v) is 10.3. The molecule has 1 N–H and O–H groups in total. The van der Waals surface area contributed by atoms with Gasteiger partial charge in [-0.25, -0.2) is 8.42 Å². The van der Waals surface area contributed by atoms with Gasteiger partial charge in [0.15, 0.2) is 0 Å². The van der Waals surface area contributed by atoms with Crippen LogP contribution in [0.25, 0.3) is 0 Å². The van der Waals surface area contributed by atoms with Crippen LogP contribution in [0.5, 0.6) is 5.75 Å². The van der Waals surface area contributed by atoms with Gasteiger partial charge in [-0.2, -0.15) is 4.31 Å². The third kappa shape index (κ3) is 5.95. The Bertz CT molecular complexity index is 886. The molecule has 2 rings (SSSR count). The maximum atomic E-state index is 12.5. The van der Waals surface area contributed by atoms with Gasteiger partial charge in [0.25, 0.3) is 0 Å². The van der Waals surface area contributed by atoms with Crippen LogP contribution >= 0.6 is 11.6 Å². The number of benzene rings is 2. The fourth-order valence-corrected chi connectivity index (χ4v) is 3.60. The second-order valence-electron chi connectivity index (χ2n) is 6.47. The summed E-state index contributed by atoms with van der Waals surface area (Å²) in [4.78, 5) is 12.4. The molecule has 6 nitrogen and oxygen atoms in total. The molecule has 0 aromatic heterocycles. The van der Waals surface area contributed by atoms with Crippen LogP contribution in [-0.2, 0) is 14.8 Å². The van der Waals surface area contributed by atoms with Crippen molar-refractivity contribution < 1.29 is 17.9 Å². The third-order valence-corrected chi connectivity index (χ3v) is 5.72. The van der Waals surface area contributed by atoms with Crippen molar-refractivity contribution in [2.75, 3.05) is 25.5 Å². The summed E-state index contributed by atoms with van der Waals surface area (Å²) >= 11 is 6.17. The number of hydrogen-bond acceptors (Lipinski definition) is 4. The summed E-state index contributed by atoms with van der Waals surface area (Å²) in [6.07, 6.45) is 0. The Kier molecular flexibility index (Phi) is 7.24. The Labute approximate surface area is 165 Å². The lowest BCUT2D eigenvalue weighted by molar-refractivity contribution is -0.116. The van der Waals surface area contributed by atoms with Crippen molar-refractivity contribution in [3.63, 3.8) is 0 Å². The maximum absolute atomic E-state index is 12.5. The van der Waals surface area contributed by atoms with E-state index in [1.54, 1.807) is 36.4 Å². The van der Waals surface area contributed by atoms with Gasteiger partial charge in [-0.15, -0.1) is 0 Å². The average Bonchev–Trinajstić information content (AvgIpc) is 2.61. The van der Waals surface area contributed by atoms with Gasteiger partial charge in [0, 0.05) is 12.7 Å². The highest BCUT2D eigenvalue weighted by Crippen LogP contribution is 2.28. The molecule has 0 bridgehead atoms. The summed E-state index contributed by atoms with van der Waals surface area (Å²) in [5.74, 6) is 0.429. The minimum absolute atomic E-state index is 0.134. The largest absolute Gasteiger partial charge is 0.492 e. The molecule has 0 radical (unpaired) electrons. The number of carbonyl (C=O) groups excluding carboxylic acids is 1. The summed E-state index contributed by atoms with van der Waals surface area (Å²) in [6, 6.07) is 12.9. The quantitative estimate of drug-likeness (QED) is 0.720. The van der Waals surface area contributed by atoms with Crippen molar-refractivity contribution in [1.82, 2.24) is 4.31 Å². The molecule has 0 fully saturated rings. The lowest BCUT2D eigenvalue weighted by atomic mass is 10.2. The van der Waals surface area contributed by atoms with E-state index >= 15 is 0 Å². The lowest BCUT2D eigenvalue weighted by Crippen LogP contribution is -2.34. The molecule has 0 atom stereocenters. The summed E-state index contributed by atoms with van der Waals surface area (Å²) in [7, 11) is -2.37. The number of rotatable bonds is 8. The monoisotopic (exact) mass is 410 g/mol. The molecular weight excluding hydrogens is 388 g/mol. The first-order valence-electron chi connectivity index (χ1n) is 8.43. The van der Waals surface area contributed by atoms with Gasteiger partial charge >= 0.3 is 0 Å². The average molecular weight is 411 g/mol. The van der Waals surface area contributed by atoms with E-state index in [9.17, 15) is 13.2 Å². The fourth-order valence-electron chi connectivity index (χ4n) is 2.21. The second kappa shape index (κ2) is 9.21. The van der Waals surface area contributed by atoms with Crippen LogP contribution in [0.1, 0.15) is 13.8 Å². The van der Waals surface area contributed by atoms with E-state index in [4.69, 9.17) is 16.3 Å². The second-order valence-corrected chi connectivity index (χ2v) is 8.92. The van der Waals surface area contributed by atoms with Gasteiger partial charge in [0.1, 0.15) is 5.75 Å². The van der Waals surface area contributed by atoms with Crippen LogP contribution in [0, 0.1) is 5.92 Å². The highest BCUT2D eigenvalue weighted by atomic mass is 35.5. The predicted molar refractivity (Wildman–Crippen MR) is 107 cm³/mol. The number of nitrogens with one attached hydrogen (secondary N) is 1. The van der Waals surface area contributed by atoms with Crippen LogP contribution in [0.4, 0.5) is 5.69 Å². The molecule has 8 heteroatoms. The number of amides is 1. The topological polar surface area (TPSA) is 75.7 Å².